The van der Waals surface area contributed by atoms with Crippen LogP contribution >= 0.6 is 0 Å². The van der Waals surface area contributed by atoms with Crippen molar-refractivity contribution in [2.45, 2.75) is 25.2 Å². The molecule has 2 aliphatic rings. The summed E-state index contributed by atoms with van der Waals surface area (Å²) in [6, 6.07) is 16.2. The van der Waals surface area contributed by atoms with Gasteiger partial charge in [-0.3, -0.25) is 9.59 Å². The SMILES string of the molecule is CN(CC(=O)O)C(=O)C1(CNC(=O)OCC2c3ccccc3-c3ccccc32)CCC1. The molecule has 0 atom stereocenters. The van der Waals surface area contributed by atoms with Crippen LogP contribution in [-0.4, -0.2) is 54.7 Å². The number of carboxylic acids is 1. The van der Waals surface area contributed by atoms with Crippen molar-refractivity contribution in [3.05, 3.63) is 59.7 Å². The van der Waals surface area contributed by atoms with E-state index in [0.717, 1.165) is 28.7 Å². The molecule has 1 saturated carbocycles. The van der Waals surface area contributed by atoms with Crippen LogP contribution in [0.1, 0.15) is 36.3 Å². The number of hydrogen-bond donors (Lipinski definition) is 2. The number of amides is 2. The lowest BCUT2D eigenvalue weighted by atomic mass is 9.67. The number of alkyl carbamates (subject to hydrolysis) is 1. The quantitative estimate of drug-likeness (QED) is 0.714. The van der Waals surface area contributed by atoms with Gasteiger partial charge in [0.05, 0.1) is 5.41 Å². The zero-order valence-electron chi connectivity index (χ0n) is 17.5. The third kappa shape index (κ3) is 4.00. The summed E-state index contributed by atoms with van der Waals surface area (Å²) in [5.74, 6) is -1.34. The summed E-state index contributed by atoms with van der Waals surface area (Å²) in [4.78, 5) is 37.3. The van der Waals surface area contributed by atoms with Crippen molar-refractivity contribution in [3.63, 3.8) is 0 Å². The van der Waals surface area contributed by atoms with E-state index in [2.05, 4.69) is 29.6 Å². The second-order valence-corrected chi connectivity index (χ2v) is 8.37. The van der Waals surface area contributed by atoms with Crippen LogP contribution in [-0.2, 0) is 14.3 Å². The van der Waals surface area contributed by atoms with Gasteiger partial charge in [-0.25, -0.2) is 4.79 Å². The van der Waals surface area contributed by atoms with E-state index in [1.165, 1.54) is 11.9 Å². The van der Waals surface area contributed by atoms with Crippen molar-refractivity contribution in [1.82, 2.24) is 10.2 Å². The minimum absolute atomic E-state index is 0.0286. The average molecular weight is 422 g/mol. The van der Waals surface area contributed by atoms with Crippen molar-refractivity contribution >= 4 is 18.0 Å². The third-order valence-corrected chi connectivity index (χ3v) is 6.40. The lowest BCUT2D eigenvalue weighted by molar-refractivity contribution is -0.151. The van der Waals surface area contributed by atoms with Gasteiger partial charge in [0.15, 0.2) is 0 Å². The van der Waals surface area contributed by atoms with Crippen molar-refractivity contribution < 1.29 is 24.2 Å². The van der Waals surface area contributed by atoms with E-state index in [1.54, 1.807) is 0 Å². The lowest BCUT2D eigenvalue weighted by Gasteiger charge is -2.42. The first kappa shape index (κ1) is 20.9. The third-order valence-electron chi connectivity index (χ3n) is 6.40. The molecule has 0 aliphatic heterocycles. The predicted octanol–water partition coefficient (Wildman–Crippen LogP) is 3.24. The van der Waals surface area contributed by atoms with Crippen molar-refractivity contribution in [2.24, 2.45) is 5.41 Å². The average Bonchev–Trinajstić information content (AvgIpc) is 3.04. The molecule has 0 saturated heterocycles. The summed E-state index contributed by atoms with van der Waals surface area (Å²) >= 11 is 0. The minimum atomic E-state index is -1.06. The monoisotopic (exact) mass is 422 g/mol. The summed E-state index contributed by atoms with van der Waals surface area (Å²) in [5.41, 5.74) is 3.85. The summed E-state index contributed by atoms with van der Waals surface area (Å²) in [6.07, 6.45) is 1.56. The smallest absolute Gasteiger partial charge is 0.407 e. The van der Waals surface area contributed by atoms with Crippen LogP contribution in [0.2, 0.25) is 0 Å². The van der Waals surface area contributed by atoms with E-state index in [-0.39, 0.29) is 31.5 Å². The van der Waals surface area contributed by atoms with E-state index >= 15 is 0 Å². The Balaban J connectivity index is 1.37. The molecule has 7 heteroatoms. The van der Waals surface area contributed by atoms with Crippen molar-refractivity contribution in [3.8, 4) is 11.1 Å². The maximum absolute atomic E-state index is 12.7. The van der Waals surface area contributed by atoms with Gasteiger partial charge in [-0.2, -0.15) is 0 Å². The van der Waals surface area contributed by atoms with Crippen molar-refractivity contribution in [2.75, 3.05) is 26.7 Å². The molecule has 4 rings (SSSR count). The molecular formula is C24H26N2O5. The van der Waals surface area contributed by atoms with Gasteiger partial charge in [-0.1, -0.05) is 55.0 Å². The molecule has 7 nitrogen and oxygen atoms in total. The number of aliphatic carboxylic acids is 1. The number of likely N-dealkylation sites (N-methyl/N-ethyl adjacent to an activating group) is 1. The van der Waals surface area contributed by atoms with Gasteiger partial charge in [0.2, 0.25) is 5.91 Å². The predicted molar refractivity (Wildman–Crippen MR) is 115 cm³/mol. The van der Waals surface area contributed by atoms with Crippen LogP contribution in [0.5, 0.6) is 0 Å². The van der Waals surface area contributed by atoms with E-state index in [4.69, 9.17) is 9.84 Å². The largest absolute Gasteiger partial charge is 0.480 e. The molecule has 1 fully saturated rings. The first-order valence-corrected chi connectivity index (χ1v) is 10.5. The van der Waals surface area contributed by atoms with Gasteiger partial charge >= 0.3 is 12.1 Å². The Hall–Kier alpha value is -3.35. The van der Waals surface area contributed by atoms with Gasteiger partial charge in [-0.15, -0.1) is 0 Å². The lowest BCUT2D eigenvalue weighted by Crippen LogP contribution is -2.53. The Morgan fingerprint density at radius 1 is 1.06 bits per heavy atom. The normalized spacial score (nSPS) is 15.9. The van der Waals surface area contributed by atoms with Crippen molar-refractivity contribution in [1.29, 1.82) is 0 Å². The summed E-state index contributed by atoms with van der Waals surface area (Å²) < 4.78 is 5.54. The molecular weight excluding hydrogens is 396 g/mol. The molecule has 0 spiro atoms. The zero-order chi connectivity index (χ0) is 22.0. The second kappa shape index (κ2) is 8.41. The van der Waals surface area contributed by atoms with Gasteiger partial charge in [0.1, 0.15) is 13.2 Å². The Labute approximate surface area is 181 Å². The molecule has 162 valence electrons. The number of ether oxygens (including phenoxy) is 1. The zero-order valence-corrected chi connectivity index (χ0v) is 17.5. The fourth-order valence-corrected chi connectivity index (χ4v) is 4.64. The van der Waals surface area contributed by atoms with Gasteiger partial charge < -0.3 is 20.1 Å². The van der Waals surface area contributed by atoms with E-state index in [1.807, 2.05) is 24.3 Å². The van der Waals surface area contributed by atoms with Gasteiger partial charge in [0.25, 0.3) is 0 Å². The van der Waals surface area contributed by atoms with Crippen LogP contribution in [0.15, 0.2) is 48.5 Å². The molecule has 2 N–H and O–H groups in total. The van der Waals surface area contributed by atoms with Crippen LogP contribution < -0.4 is 5.32 Å². The summed E-state index contributed by atoms with van der Waals surface area (Å²) in [5, 5.41) is 11.7. The van der Waals surface area contributed by atoms with E-state index in [0.29, 0.717) is 12.8 Å². The highest BCUT2D eigenvalue weighted by Gasteiger charge is 2.46. The number of benzene rings is 2. The number of carbonyl (C=O) groups excluding carboxylic acids is 2. The van der Waals surface area contributed by atoms with Gasteiger partial charge in [-0.05, 0) is 35.1 Å². The fourth-order valence-electron chi connectivity index (χ4n) is 4.64. The van der Waals surface area contributed by atoms with Crippen LogP contribution in [0.4, 0.5) is 4.79 Å². The molecule has 0 radical (unpaired) electrons. The fraction of sp³-hybridized carbons (Fsp3) is 0.375. The molecule has 2 aromatic carbocycles. The van der Waals surface area contributed by atoms with Crippen LogP contribution in [0.3, 0.4) is 0 Å². The number of hydrogen-bond acceptors (Lipinski definition) is 4. The Morgan fingerprint density at radius 2 is 1.65 bits per heavy atom. The molecule has 0 heterocycles. The number of nitrogens with zero attached hydrogens (tertiary/aromatic N) is 1. The Morgan fingerprint density at radius 3 is 2.16 bits per heavy atom. The van der Waals surface area contributed by atoms with Crippen LogP contribution in [0.25, 0.3) is 11.1 Å². The molecule has 0 bridgehead atoms. The number of rotatable bonds is 7. The van der Waals surface area contributed by atoms with Gasteiger partial charge in [0, 0.05) is 19.5 Å². The highest BCUT2D eigenvalue weighted by molar-refractivity contribution is 5.87. The number of carbonyl (C=O) groups is 3. The second-order valence-electron chi connectivity index (χ2n) is 8.37. The molecule has 2 amide bonds. The minimum Gasteiger partial charge on any atom is -0.480 e. The molecule has 31 heavy (non-hydrogen) atoms. The van der Waals surface area contributed by atoms with E-state index < -0.39 is 17.5 Å². The topological polar surface area (TPSA) is 95.9 Å². The van der Waals surface area contributed by atoms with Crippen LogP contribution in [0, 0.1) is 5.41 Å². The molecule has 0 aromatic heterocycles. The number of fused-ring (bicyclic) bond motifs is 3. The maximum atomic E-state index is 12.7. The molecule has 2 aromatic rings. The summed E-state index contributed by atoms with van der Waals surface area (Å²) in [6.45, 7) is -0.00226. The number of nitrogens with one attached hydrogen (secondary N) is 1. The molecule has 2 aliphatic carbocycles. The Kier molecular flexibility index (Phi) is 5.67. The number of carboxylic acid groups (broad SMARTS) is 1. The first-order valence-electron chi connectivity index (χ1n) is 10.5. The highest BCUT2D eigenvalue weighted by atomic mass is 16.5. The highest BCUT2D eigenvalue weighted by Crippen LogP contribution is 2.44. The van der Waals surface area contributed by atoms with E-state index in [9.17, 15) is 14.4 Å². The maximum Gasteiger partial charge on any atom is 0.407 e. The molecule has 0 unspecified atom stereocenters. The Bertz CT molecular complexity index is 969. The first-order chi connectivity index (χ1) is 14.9. The summed E-state index contributed by atoms with van der Waals surface area (Å²) in [7, 11) is 1.48. The standard InChI is InChI=1S/C24H26N2O5/c1-26(13-21(27)28)22(29)24(11-6-12-24)15-25-23(30)31-14-20-18-9-4-2-7-16(18)17-8-3-5-10-19(17)20/h2-5,7-10,20H,6,11-15H2,1H3,(H,25,30)(H,27,28).